The minimum absolute atomic E-state index is 0.0200. The van der Waals surface area contributed by atoms with Gasteiger partial charge in [0.05, 0.1) is 30.5 Å². The summed E-state index contributed by atoms with van der Waals surface area (Å²) in [5.74, 6) is 1.95. The largest absolute Gasteiger partial charge is 0.494 e. The lowest BCUT2D eigenvalue weighted by molar-refractivity contribution is 0.301. The van der Waals surface area contributed by atoms with Crippen LogP contribution in [0.1, 0.15) is 12.5 Å². The Bertz CT molecular complexity index is 1410. The lowest BCUT2D eigenvalue weighted by Crippen LogP contribution is -2.28. The molecule has 5 rings (SSSR count). The van der Waals surface area contributed by atoms with Crippen molar-refractivity contribution in [3.63, 3.8) is 0 Å². The molecule has 0 fully saturated rings. The summed E-state index contributed by atoms with van der Waals surface area (Å²) in [6.07, 6.45) is 1.77. The first-order valence-corrected chi connectivity index (χ1v) is 12.0. The maximum absolute atomic E-state index is 9.81. The molecule has 8 nitrogen and oxygen atoms in total. The van der Waals surface area contributed by atoms with Gasteiger partial charge in [0, 0.05) is 18.8 Å². The number of nitrogens with zero attached hydrogens (tertiary/aromatic N) is 5. The number of fused-ring (bicyclic) bond motifs is 1. The third-order valence-corrected chi connectivity index (χ3v) is 5.71. The number of aliphatic hydroxyl groups is 1. The molecule has 0 bridgehead atoms. The predicted octanol–water partition coefficient (Wildman–Crippen LogP) is 4.96. The highest BCUT2D eigenvalue weighted by Gasteiger charge is 2.18. The number of ether oxygens (including phenoxy) is 1. The van der Waals surface area contributed by atoms with Gasteiger partial charge in [-0.1, -0.05) is 48.5 Å². The highest BCUT2D eigenvalue weighted by molar-refractivity contribution is 5.90. The van der Waals surface area contributed by atoms with Crippen LogP contribution < -0.4 is 15.0 Å². The molecule has 0 saturated carbocycles. The number of benzene rings is 3. The van der Waals surface area contributed by atoms with Crippen LogP contribution in [0.2, 0.25) is 0 Å². The summed E-state index contributed by atoms with van der Waals surface area (Å²) >= 11 is 0. The molecular weight excluding hydrogens is 452 g/mol. The number of nitrogens with one attached hydrogen (secondary N) is 1. The fraction of sp³-hybridized carbons (Fsp3) is 0.179. The van der Waals surface area contributed by atoms with Crippen LogP contribution in [-0.2, 0) is 6.54 Å². The third-order valence-electron chi connectivity index (χ3n) is 5.71. The molecule has 0 unspecified atom stereocenters. The van der Waals surface area contributed by atoms with Gasteiger partial charge in [-0.3, -0.25) is 0 Å². The van der Waals surface area contributed by atoms with E-state index in [4.69, 9.17) is 14.7 Å². The van der Waals surface area contributed by atoms with E-state index in [0.29, 0.717) is 37.1 Å². The number of aromatic nitrogens is 4. The zero-order valence-electron chi connectivity index (χ0n) is 20.1. The average Bonchev–Trinajstić information content (AvgIpc) is 3.35. The van der Waals surface area contributed by atoms with E-state index in [0.717, 1.165) is 28.1 Å². The van der Waals surface area contributed by atoms with Gasteiger partial charge in [0.2, 0.25) is 5.95 Å². The smallest absolute Gasteiger partial charge is 0.229 e. The van der Waals surface area contributed by atoms with Gasteiger partial charge >= 0.3 is 0 Å². The van der Waals surface area contributed by atoms with Gasteiger partial charge in [-0.25, -0.2) is 4.68 Å². The molecule has 36 heavy (non-hydrogen) atoms. The Labute approximate surface area is 209 Å². The van der Waals surface area contributed by atoms with Crippen molar-refractivity contribution in [2.45, 2.75) is 13.5 Å². The molecule has 0 amide bonds. The van der Waals surface area contributed by atoms with Crippen molar-refractivity contribution in [1.29, 1.82) is 0 Å². The number of hydrogen-bond donors (Lipinski definition) is 2. The van der Waals surface area contributed by atoms with E-state index in [1.165, 1.54) is 0 Å². The van der Waals surface area contributed by atoms with Gasteiger partial charge < -0.3 is 20.1 Å². The molecule has 0 saturated heterocycles. The molecular formula is C28H28N6O2. The van der Waals surface area contributed by atoms with Crippen molar-refractivity contribution in [1.82, 2.24) is 19.7 Å². The Hall–Kier alpha value is -4.43. The standard InChI is InChI=1S/C28H28N6O2/c1-2-36-24-15-13-22(14-16-24)30-26-25-19-29-34(23-11-7-4-8-12-23)27(25)32-28(31-26)33(17-18-35)20-21-9-5-3-6-10-21/h3-16,19,35H,2,17-18,20H2,1H3,(H,30,31,32). The Morgan fingerprint density at radius 3 is 2.33 bits per heavy atom. The second kappa shape index (κ2) is 10.9. The molecule has 0 aliphatic heterocycles. The number of rotatable bonds is 10. The van der Waals surface area contributed by atoms with Gasteiger partial charge in [0.1, 0.15) is 11.6 Å². The van der Waals surface area contributed by atoms with Crippen LogP contribution in [0.25, 0.3) is 16.7 Å². The third kappa shape index (κ3) is 5.13. The summed E-state index contributed by atoms with van der Waals surface area (Å²) < 4.78 is 7.38. The minimum atomic E-state index is -0.0200. The van der Waals surface area contributed by atoms with Crippen LogP contribution in [0.4, 0.5) is 17.5 Å². The molecule has 0 radical (unpaired) electrons. The van der Waals surface area contributed by atoms with Gasteiger partial charge in [-0.05, 0) is 48.9 Å². The van der Waals surface area contributed by atoms with E-state index >= 15 is 0 Å². The zero-order chi connectivity index (χ0) is 24.7. The Balaban J connectivity index is 1.59. The van der Waals surface area contributed by atoms with E-state index in [9.17, 15) is 5.11 Å². The van der Waals surface area contributed by atoms with Crippen molar-refractivity contribution in [3.8, 4) is 11.4 Å². The molecule has 182 valence electrons. The average molecular weight is 481 g/mol. The van der Waals surface area contributed by atoms with E-state index in [1.807, 2.05) is 89.3 Å². The topological polar surface area (TPSA) is 88.3 Å². The Morgan fingerprint density at radius 2 is 1.64 bits per heavy atom. The second-order valence-corrected chi connectivity index (χ2v) is 8.21. The SMILES string of the molecule is CCOc1ccc(Nc2nc(N(CCO)Cc3ccccc3)nc3c2cnn3-c2ccccc2)cc1. The first-order chi connectivity index (χ1) is 17.7. The van der Waals surface area contributed by atoms with Crippen molar-refractivity contribution in [3.05, 3.63) is 96.7 Å². The van der Waals surface area contributed by atoms with Gasteiger partial charge in [0.25, 0.3) is 0 Å². The predicted molar refractivity (Wildman–Crippen MR) is 142 cm³/mol. The molecule has 0 aliphatic rings. The van der Waals surface area contributed by atoms with E-state index < -0.39 is 0 Å². The summed E-state index contributed by atoms with van der Waals surface area (Å²) in [5, 5.41) is 18.7. The Morgan fingerprint density at radius 1 is 0.917 bits per heavy atom. The molecule has 2 N–H and O–H groups in total. The van der Waals surface area contributed by atoms with Crippen molar-refractivity contribution in [2.75, 3.05) is 30.0 Å². The maximum atomic E-state index is 9.81. The highest BCUT2D eigenvalue weighted by atomic mass is 16.5. The second-order valence-electron chi connectivity index (χ2n) is 8.21. The lowest BCUT2D eigenvalue weighted by Gasteiger charge is -2.23. The van der Waals surface area contributed by atoms with Crippen LogP contribution in [0.5, 0.6) is 5.75 Å². The van der Waals surface area contributed by atoms with Crippen LogP contribution in [0.3, 0.4) is 0 Å². The monoisotopic (exact) mass is 480 g/mol. The number of aliphatic hydroxyl groups excluding tert-OH is 1. The van der Waals surface area contributed by atoms with E-state index in [2.05, 4.69) is 22.5 Å². The maximum Gasteiger partial charge on any atom is 0.229 e. The quantitative estimate of drug-likeness (QED) is 0.292. The molecule has 0 spiro atoms. The molecule has 3 aromatic carbocycles. The molecule has 8 heteroatoms. The van der Waals surface area contributed by atoms with Crippen molar-refractivity contribution >= 4 is 28.5 Å². The van der Waals surface area contributed by atoms with E-state index in [-0.39, 0.29) is 6.61 Å². The fourth-order valence-electron chi connectivity index (χ4n) is 4.00. The summed E-state index contributed by atoms with van der Waals surface area (Å²) in [6, 6.07) is 27.7. The molecule has 0 atom stereocenters. The summed E-state index contributed by atoms with van der Waals surface area (Å²) in [5.41, 5.74) is 3.55. The van der Waals surface area contributed by atoms with Gasteiger partial charge in [0.15, 0.2) is 5.65 Å². The molecule has 0 aliphatic carbocycles. The van der Waals surface area contributed by atoms with Crippen molar-refractivity contribution < 1.29 is 9.84 Å². The normalized spacial score (nSPS) is 10.9. The summed E-state index contributed by atoms with van der Waals surface area (Å²) in [6.45, 7) is 3.51. The van der Waals surface area contributed by atoms with Crippen LogP contribution in [0.15, 0.2) is 91.1 Å². The first-order valence-electron chi connectivity index (χ1n) is 12.0. The molecule has 2 heterocycles. The van der Waals surface area contributed by atoms with Gasteiger partial charge in [-0.15, -0.1) is 0 Å². The first kappa shape index (κ1) is 23.3. The van der Waals surface area contributed by atoms with Crippen molar-refractivity contribution in [2.24, 2.45) is 0 Å². The van der Waals surface area contributed by atoms with Crippen LogP contribution >= 0.6 is 0 Å². The summed E-state index contributed by atoms with van der Waals surface area (Å²) in [4.78, 5) is 11.8. The number of anilines is 3. The molecule has 2 aromatic heterocycles. The molecule has 5 aromatic rings. The van der Waals surface area contributed by atoms with Gasteiger partial charge in [-0.2, -0.15) is 15.1 Å². The minimum Gasteiger partial charge on any atom is -0.494 e. The zero-order valence-corrected chi connectivity index (χ0v) is 20.1. The lowest BCUT2D eigenvalue weighted by atomic mass is 10.2. The van der Waals surface area contributed by atoms with Crippen LogP contribution in [0, 0.1) is 0 Å². The number of para-hydroxylation sites is 1. The fourth-order valence-corrected chi connectivity index (χ4v) is 4.00. The van der Waals surface area contributed by atoms with Crippen LogP contribution in [-0.4, -0.2) is 44.6 Å². The Kier molecular flexibility index (Phi) is 7.05. The highest BCUT2D eigenvalue weighted by Crippen LogP contribution is 2.29. The number of hydrogen-bond acceptors (Lipinski definition) is 7. The van der Waals surface area contributed by atoms with E-state index in [1.54, 1.807) is 6.20 Å². The summed E-state index contributed by atoms with van der Waals surface area (Å²) in [7, 11) is 0.